The van der Waals surface area contributed by atoms with Crippen LogP contribution >= 0.6 is 11.6 Å². The van der Waals surface area contributed by atoms with E-state index >= 15 is 8.78 Å². The van der Waals surface area contributed by atoms with Gasteiger partial charge in [-0.3, -0.25) is 23.9 Å². The highest BCUT2D eigenvalue weighted by molar-refractivity contribution is 6.34. The molecule has 4 aromatic rings. The number of nitrogens with zero attached hydrogens (tertiary/aromatic N) is 7. The summed E-state index contributed by atoms with van der Waals surface area (Å²) in [7, 11) is 5.04. The van der Waals surface area contributed by atoms with E-state index in [1.807, 2.05) is 7.05 Å². The molecule has 0 aliphatic carbocycles. The minimum atomic E-state index is -1.09. The highest BCUT2D eigenvalue weighted by Crippen LogP contribution is 2.33. The molecule has 2 aliphatic heterocycles. The maximum atomic E-state index is 15.5. The Morgan fingerprint density at radius 1 is 1.04 bits per heavy atom. The summed E-state index contributed by atoms with van der Waals surface area (Å²) in [4.78, 5) is 58.9. The number of hydrogen-bond acceptors (Lipinski definition) is 7. The van der Waals surface area contributed by atoms with Gasteiger partial charge in [0.25, 0.3) is 17.7 Å². The minimum absolute atomic E-state index is 0.0311. The second kappa shape index (κ2) is 15.7. The Hall–Kier alpha value is -5.19. The molecule has 2 aliphatic rings. The topological polar surface area (TPSA) is 158 Å². The van der Waals surface area contributed by atoms with E-state index < -0.39 is 17.5 Å². The normalized spacial score (nSPS) is 18.6. The van der Waals surface area contributed by atoms with Crippen molar-refractivity contribution in [1.82, 2.24) is 29.1 Å². The predicted molar refractivity (Wildman–Crippen MR) is 196 cm³/mol. The lowest BCUT2D eigenvalue weighted by molar-refractivity contribution is -0.891. The van der Waals surface area contributed by atoms with Crippen LogP contribution < -0.4 is 11.1 Å². The molecular formula is C37H43ClF2N9O5+. The van der Waals surface area contributed by atoms with Crippen molar-refractivity contribution in [1.29, 1.82) is 0 Å². The first-order chi connectivity index (χ1) is 25.7. The molecule has 54 heavy (non-hydrogen) atoms. The van der Waals surface area contributed by atoms with Gasteiger partial charge in [-0.2, -0.15) is 5.10 Å². The van der Waals surface area contributed by atoms with Gasteiger partial charge in [0.2, 0.25) is 5.91 Å². The molecule has 4 amide bonds. The number of primary amides is 1. The Balaban J connectivity index is 1.07. The van der Waals surface area contributed by atoms with Crippen molar-refractivity contribution in [3.63, 3.8) is 0 Å². The number of nitrogens with one attached hydrogen (secondary N) is 1. The molecule has 2 aromatic heterocycles. The van der Waals surface area contributed by atoms with Crippen LogP contribution in [0.1, 0.15) is 33.1 Å². The van der Waals surface area contributed by atoms with Crippen LogP contribution in [0.2, 0.25) is 5.02 Å². The largest absolute Gasteiger partial charge is 0.383 e. The van der Waals surface area contributed by atoms with E-state index in [9.17, 15) is 19.2 Å². The Morgan fingerprint density at radius 3 is 2.39 bits per heavy atom. The lowest BCUT2D eigenvalue weighted by atomic mass is 10.0. The van der Waals surface area contributed by atoms with Gasteiger partial charge in [-0.25, -0.2) is 13.8 Å². The van der Waals surface area contributed by atoms with Gasteiger partial charge in [0.15, 0.2) is 24.0 Å². The molecule has 14 nitrogen and oxygen atoms in total. The molecule has 0 radical (unpaired) electrons. The molecule has 286 valence electrons. The predicted octanol–water partition coefficient (Wildman–Crippen LogP) is 3.33. The van der Waals surface area contributed by atoms with Crippen LogP contribution in [0.25, 0.3) is 22.4 Å². The molecule has 2 saturated heterocycles. The Kier molecular flexibility index (Phi) is 11.2. The second-order valence-electron chi connectivity index (χ2n) is 14.1. The SMILES string of the molecule is COCCn1cc(-c2ccc(-c3cnc(C(=O)Nc4ccc(C(=O)N5CCN(C(=O)C[N+]6(C)CCC(C(N)=O)C6)CC5)c(Cl)c4)n3C)c(F)c2F)c(C)n1. The van der Waals surface area contributed by atoms with Gasteiger partial charge in [0, 0.05) is 75.3 Å². The average molecular weight is 767 g/mol. The molecule has 17 heteroatoms. The quantitative estimate of drug-likeness (QED) is 0.222. The average Bonchev–Trinajstić information content (AvgIpc) is 3.84. The summed E-state index contributed by atoms with van der Waals surface area (Å²) < 4.78 is 39.5. The van der Waals surface area contributed by atoms with E-state index in [-0.39, 0.29) is 63.4 Å². The van der Waals surface area contributed by atoms with Crippen molar-refractivity contribution in [3.05, 3.63) is 76.5 Å². The van der Waals surface area contributed by atoms with Gasteiger partial charge in [-0.1, -0.05) is 17.7 Å². The van der Waals surface area contributed by atoms with E-state index in [0.29, 0.717) is 80.3 Å². The van der Waals surface area contributed by atoms with Crippen LogP contribution in [-0.2, 0) is 27.9 Å². The van der Waals surface area contributed by atoms with Gasteiger partial charge >= 0.3 is 0 Å². The van der Waals surface area contributed by atoms with E-state index in [2.05, 4.69) is 15.4 Å². The fourth-order valence-corrected chi connectivity index (χ4v) is 7.44. The number of halogens is 3. The lowest BCUT2D eigenvalue weighted by Gasteiger charge is -2.37. The number of benzene rings is 2. The first-order valence-corrected chi connectivity index (χ1v) is 17.9. The molecule has 0 saturated carbocycles. The third-order valence-corrected chi connectivity index (χ3v) is 10.6. The number of piperazine rings is 1. The molecule has 0 spiro atoms. The fraction of sp³-hybridized carbons (Fsp3) is 0.405. The molecule has 2 aromatic carbocycles. The van der Waals surface area contributed by atoms with Crippen LogP contribution in [0, 0.1) is 24.5 Å². The van der Waals surface area contributed by atoms with Crippen LogP contribution in [-0.4, -0.2) is 124 Å². The van der Waals surface area contributed by atoms with Crippen molar-refractivity contribution in [2.45, 2.75) is 19.9 Å². The van der Waals surface area contributed by atoms with Gasteiger partial charge in [0.05, 0.1) is 67.4 Å². The van der Waals surface area contributed by atoms with E-state index in [1.165, 1.54) is 48.1 Å². The lowest BCUT2D eigenvalue weighted by Crippen LogP contribution is -2.55. The smallest absolute Gasteiger partial charge is 0.291 e. The van der Waals surface area contributed by atoms with E-state index in [4.69, 9.17) is 22.1 Å². The summed E-state index contributed by atoms with van der Waals surface area (Å²) in [6.45, 7) is 5.46. The summed E-state index contributed by atoms with van der Waals surface area (Å²) >= 11 is 6.53. The monoisotopic (exact) mass is 766 g/mol. The number of carbonyl (C=O) groups excluding carboxylic acids is 4. The number of likely N-dealkylation sites (tertiary alicyclic amines) is 1. The highest BCUT2D eigenvalue weighted by atomic mass is 35.5. The van der Waals surface area contributed by atoms with Gasteiger partial charge in [-0.15, -0.1) is 0 Å². The van der Waals surface area contributed by atoms with Crippen molar-refractivity contribution >= 4 is 40.9 Å². The first-order valence-electron chi connectivity index (χ1n) is 17.5. The van der Waals surface area contributed by atoms with Crippen LogP contribution in [0.4, 0.5) is 14.5 Å². The number of anilines is 1. The van der Waals surface area contributed by atoms with E-state index in [1.54, 1.807) is 34.7 Å². The Labute approximate surface area is 316 Å². The summed E-state index contributed by atoms with van der Waals surface area (Å²) in [5.41, 5.74) is 7.14. The number of rotatable bonds is 11. The summed E-state index contributed by atoms with van der Waals surface area (Å²) in [5, 5.41) is 7.17. The molecular weight excluding hydrogens is 724 g/mol. The molecule has 2 atom stereocenters. The zero-order valence-electron chi connectivity index (χ0n) is 30.6. The van der Waals surface area contributed by atoms with Crippen LogP contribution in [0.3, 0.4) is 0 Å². The van der Waals surface area contributed by atoms with Crippen molar-refractivity contribution in [2.24, 2.45) is 18.7 Å². The number of imidazole rings is 1. The maximum absolute atomic E-state index is 15.5. The van der Waals surface area contributed by atoms with Crippen LogP contribution in [0.5, 0.6) is 0 Å². The van der Waals surface area contributed by atoms with Crippen molar-refractivity contribution in [2.75, 3.05) is 71.9 Å². The molecule has 6 rings (SSSR count). The number of likely N-dealkylation sites (N-methyl/N-ethyl adjacent to an activating group) is 1. The first kappa shape index (κ1) is 38.5. The summed E-state index contributed by atoms with van der Waals surface area (Å²) in [6.07, 6.45) is 3.59. The van der Waals surface area contributed by atoms with Gasteiger partial charge in [-0.05, 0) is 31.2 Å². The highest BCUT2D eigenvalue weighted by Gasteiger charge is 2.40. The maximum Gasteiger partial charge on any atom is 0.291 e. The number of ether oxygens (including phenoxy) is 1. The molecule has 3 N–H and O–H groups in total. The molecule has 4 heterocycles. The molecule has 2 unspecified atom stereocenters. The van der Waals surface area contributed by atoms with E-state index in [0.717, 1.165) is 0 Å². The summed E-state index contributed by atoms with van der Waals surface area (Å²) in [6, 6.07) is 7.40. The number of amides is 4. The molecule has 0 bridgehead atoms. The number of aryl methyl sites for hydroxylation is 1. The second-order valence-corrected chi connectivity index (χ2v) is 14.5. The zero-order valence-corrected chi connectivity index (χ0v) is 31.3. The number of methoxy groups -OCH3 is 1. The number of carbonyl (C=O) groups is 4. The number of aromatic nitrogens is 4. The third kappa shape index (κ3) is 7.86. The number of hydrogen-bond donors (Lipinski definition) is 2. The third-order valence-electron chi connectivity index (χ3n) is 10.3. The van der Waals surface area contributed by atoms with Crippen molar-refractivity contribution in [3.8, 4) is 22.4 Å². The van der Waals surface area contributed by atoms with Gasteiger partial charge in [0.1, 0.15) is 0 Å². The molecule has 2 fully saturated rings. The van der Waals surface area contributed by atoms with Crippen LogP contribution in [0.15, 0.2) is 42.7 Å². The Morgan fingerprint density at radius 2 is 1.72 bits per heavy atom. The minimum Gasteiger partial charge on any atom is -0.383 e. The number of nitrogens with two attached hydrogens (primary N) is 1. The Bertz CT molecular complexity index is 2110. The zero-order chi connectivity index (χ0) is 38.9. The number of quaternary nitrogens is 1. The van der Waals surface area contributed by atoms with Crippen molar-refractivity contribution < 1.29 is 37.2 Å². The van der Waals surface area contributed by atoms with Gasteiger partial charge < -0.3 is 34.6 Å². The standard InChI is InChI=1S/C37H42ClF2N9O5/c1-22-28(19-48(44-22)14-16-54-4)25-7-8-27(33(40)32(25)39)30-18-42-35(45(30)2)36(52)43-24-5-6-26(29(38)17-24)37(53)47-12-10-46(11-13-47)31(50)21-49(3)15-9-23(20-49)34(41)51/h5-8,17-19,23H,9-16,20-21H2,1-4H3,(H2-,41,43,51,52,53)/p+1. The fourth-order valence-electron chi connectivity index (χ4n) is 7.17. The summed E-state index contributed by atoms with van der Waals surface area (Å²) in [5.74, 6) is -3.75.